The van der Waals surface area contributed by atoms with Gasteiger partial charge in [-0.15, -0.1) is 5.10 Å². The fraction of sp³-hybridized carbons (Fsp3) is 0.385. The van der Waals surface area contributed by atoms with E-state index < -0.39 is 27.7 Å². The van der Waals surface area contributed by atoms with Gasteiger partial charge in [-0.05, 0) is 35.0 Å². The lowest BCUT2D eigenvalue weighted by Crippen LogP contribution is -2.20. The van der Waals surface area contributed by atoms with Gasteiger partial charge in [-0.3, -0.25) is 4.79 Å². The van der Waals surface area contributed by atoms with Gasteiger partial charge in [0.2, 0.25) is 5.16 Å². The summed E-state index contributed by atoms with van der Waals surface area (Å²) in [6.45, 7) is 0. The number of hydrogen-bond acceptors (Lipinski definition) is 8. The van der Waals surface area contributed by atoms with Crippen molar-refractivity contribution in [2.45, 2.75) is 17.7 Å². The largest absolute Gasteiger partial charge is 0.461 e. The van der Waals surface area contributed by atoms with Crippen LogP contribution in [-0.4, -0.2) is 58.0 Å². The third kappa shape index (κ3) is 4.09. The number of sulfone groups is 1. The lowest BCUT2D eigenvalue weighted by atomic mass is 10.3. The Morgan fingerprint density at radius 1 is 1.46 bits per heavy atom. The zero-order valence-electron chi connectivity index (χ0n) is 12.3. The Bertz CT molecular complexity index is 855. The van der Waals surface area contributed by atoms with Crippen LogP contribution in [0.1, 0.15) is 6.42 Å². The summed E-state index contributed by atoms with van der Waals surface area (Å²) in [6, 6.07) is 5.72. The normalized spacial score (nSPS) is 19.3. The molecule has 1 saturated heterocycles. The number of carbonyl (C=O) groups excluding carboxylic acids is 1. The fourth-order valence-electron chi connectivity index (χ4n) is 2.24. The highest BCUT2D eigenvalue weighted by atomic mass is 32.2. The van der Waals surface area contributed by atoms with Crippen molar-refractivity contribution in [3.05, 3.63) is 30.1 Å². The molecule has 128 valence electrons. The maximum absolute atomic E-state index is 13.3. The molecule has 1 aliphatic rings. The van der Waals surface area contributed by atoms with E-state index in [1.54, 1.807) is 6.07 Å². The topological polar surface area (TPSA) is 104 Å². The number of halogens is 1. The Kier molecular flexibility index (Phi) is 4.81. The number of nitrogens with zero attached hydrogens (tertiary/aromatic N) is 4. The first-order chi connectivity index (χ1) is 11.4. The van der Waals surface area contributed by atoms with E-state index in [9.17, 15) is 17.6 Å². The first-order valence-electron chi connectivity index (χ1n) is 7.00. The van der Waals surface area contributed by atoms with Crippen molar-refractivity contribution in [2.24, 2.45) is 0 Å². The van der Waals surface area contributed by atoms with Crippen molar-refractivity contribution >= 4 is 27.6 Å². The van der Waals surface area contributed by atoms with Crippen LogP contribution in [0.3, 0.4) is 0 Å². The van der Waals surface area contributed by atoms with E-state index in [-0.39, 0.29) is 17.3 Å². The van der Waals surface area contributed by atoms with E-state index in [0.29, 0.717) is 17.3 Å². The first-order valence-corrected chi connectivity index (χ1v) is 9.81. The molecule has 0 amide bonds. The highest BCUT2D eigenvalue weighted by Crippen LogP contribution is 2.20. The molecule has 0 unspecified atom stereocenters. The van der Waals surface area contributed by atoms with Crippen LogP contribution < -0.4 is 0 Å². The molecule has 8 nitrogen and oxygen atoms in total. The third-order valence-electron chi connectivity index (χ3n) is 3.30. The Balaban J connectivity index is 1.60. The van der Waals surface area contributed by atoms with Gasteiger partial charge in [-0.2, -0.15) is 4.68 Å². The fourth-order valence-corrected chi connectivity index (χ4v) is 4.50. The molecule has 0 N–H and O–H groups in total. The number of thioether (sulfide) groups is 1. The predicted molar refractivity (Wildman–Crippen MR) is 83.0 cm³/mol. The summed E-state index contributed by atoms with van der Waals surface area (Å²) in [4.78, 5) is 11.8. The van der Waals surface area contributed by atoms with Gasteiger partial charge in [0.15, 0.2) is 9.84 Å². The van der Waals surface area contributed by atoms with Gasteiger partial charge < -0.3 is 4.74 Å². The second-order valence-electron chi connectivity index (χ2n) is 5.16. The minimum Gasteiger partial charge on any atom is -0.461 e. The molecule has 2 heterocycles. The smallest absolute Gasteiger partial charge is 0.316 e. The van der Waals surface area contributed by atoms with Crippen molar-refractivity contribution in [1.29, 1.82) is 0 Å². The highest BCUT2D eigenvalue weighted by molar-refractivity contribution is 7.99. The average molecular weight is 372 g/mol. The predicted octanol–water partition coefficient (Wildman–Crippen LogP) is 0.624. The lowest BCUT2D eigenvalue weighted by molar-refractivity contribution is -0.144. The molecule has 1 aliphatic heterocycles. The summed E-state index contributed by atoms with van der Waals surface area (Å²) >= 11 is 1.03. The third-order valence-corrected chi connectivity index (χ3v) is 5.93. The second-order valence-corrected chi connectivity index (χ2v) is 8.33. The van der Waals surface area contributed by atoms with Crippen molar-refractivity contribution < 1.29 is 22.3 Å². The summed E-state index contributed by atoms with van der Waals surface area (Å²) in [7, 11) is -3.10. The molecular weight excluding hydrogens is 359 g/mol. The molecule has 3 rings (SSSR count). The van der Waals surface area contributed by atoms with E-state index in [4.69, 9.17) is 4.74 Å². The van der Waals surface area contributed by atoms with Crippen LogP contribution in [0.5, 0.6) is 0 Å². The summed E-state index contributed by atoms with van der Waals surface area (Å²) in [5.41, 5.74) is 0.428. The minimum atomic E-state index is -3.10. The van der Waals surface area contributed by atoms with Gasteiger partial charge in [0.25, 0.3) is 0 Å². The minimum absolute atomic E-state index is 0.0376. The SMILES string of the molecule is O=C(CSc1nnnn1-c1cccc(F)c1)O[C@H]1CCS(=O)(=O)C1. The Morgan fingerprint density at radius 3 is 3.00 bits per heavy atom. The standard InChI is InChI=1S/C13H13FN4O4S2/c14-9-2-1-3-10(6-9)18-13(15-16-17-18)23-7-12(19)22-11-4-5-24(20,21)8-11/h1-3,6,11H,4-5,7-8H2/t11-/m0/s1. The van der Waals surface area contributed by atoms with Crippen molar-refractivity contribution in [2.75, 3.05) is 17.3 Å². The van der Waals surface area contributed by atoms with Crippen molar-refractivity contribution in [3.8, 4) is 5.69 Å². The zero-order chi connectivity index (χ0) is 17.2. The molecule has 0 aliphatic carbocycles. The van der Waals surface area contributed by atoms with Crippen LogP contribution >= 0.6 is 11.8 Å². The molecular formula is C13H13FN4O4S2. The summed E-state index contributed by atoms with van der Waals surface area (Å²) in [5, 5.41) is 11.4. The molecule has 0 spiro atoms. The van der Waals surface area contributed by atoms with Gasteiger partial charge >= 0.3 is 5.97 Å². The molecule has 24 heavy (non-hydrogen) atoms. The van der Waals surface area contributed by atoms with E-state index in [1.165, 1.54) is 22.9 Å². The van der Waals surface area contributed by atoms with E-state index in [0.717, 1.165) is 11.8 Å². The Hall–Kier alpha value is -2.01. The van der Waals surface area contributed by atoms with Crippen LogP contribution in [0.25, 0.3) is 5.69 Å². The number of carbonyl (C=O) groups is 1. The molecule has 1 aromatic carbocycles. The van der Waals surface area contributed by atoms with Crippen LogP contribution in [0.15, 0.2) is 29.4 Å². The average Bonchev–Trinajstić information content (AvgIpc) is 3.11. The van der Waals surface area contributed by atoms with Crippen LogP contribution in [-0.2, 0) is 19.4 Å². The van der Waals surface area contributed by atoms with Crippen molar-refractivity contribution in [1.82, 2.24) is 20.2 Å². The lowest BCUT2D eigenvalue weighted by Gasteiger charge is -2.09. The quantitative estimate of drug-likeness (QED) is 0.556. The van der Waals surface area contributed by atoms with Gasteiger partial charge in [-0.25, -0.2) is 12.8 Å². The number of esters is 1. The maximum Gasteiger partial charge on any atom is 0.316 e. The summed E-state index contributed by atoms with van der Waals surface area (Å²) in [6.07, 6.45) is -0.276. The molecule has 1 atom stereocenters. The Morgan fingerprint density at radius 2 is 2.29 bits per heavy atom. The van der Waals surface area contributed by atoms with Crippen LogP contribution in [0.2, 0.25) is 0 Å². The Labute approximate surface area is 141 Å². The summed E-state index contributed by atoms with van der Waals surface area (Å²) < 4.78 is 42.4. The first kappa shape index (κ1) is 16.8. The number of rotatable bonds is 5. The molecule has 0 bridgehead atoms. The number of benzene rings is 1. The zero-order valence-corrected chi connectivity index (χ0v) is 14.0. The molecule has 2 aromatic rings. The van der Waals surface area contributed by atoms with Crippen LogP contribution in [0, 0.1) is 5.82 Å². The van der Waals surface area contributed by atoms with Crippen molar-refractivity contribution in [3.63, 3.8) is 0 Å². The number of ether oxygens (including phenoxy) is 1. The van der Waals surface area contributed by atoms with Gasteiger partial charge in [0.1, 0.15) is 11.9 Å². The van der Waals surface area contributed by atoms with E-state index >= 15 is 0 Å². The monoisotopic (exact) mass is 372 g/mol. The van der Waals surface area contributed by atoms with Gasteiger partial charge in [0.05, 0.1) is 22.9 Å². The van der Waals surface area contributed by atoms with E-state index in [1.807, 2.05) is 0 Å². The second kappa shape index (κ2) is 6.85. The molecule has 1 aromatic heterocycles. The highest BCUT2D eigenvalue weighted by Gasteiger charge is 2.30. The molecule has 11 heteroatoms. The number of tetrazole rings is 1. The van der Waals surface area contributed by atoms with E-state index in [2.05, 4.69) is 15.5 Å². The molecule has 0 saturated carbocycles. The number of hydrogen-bond donors (Lipinski definition) is 0. The molecule has 1 fully saturated rings. The van der Waals surface area contributed by atoms with Crippen LogP contribution in [0.4, 0.5) is 4.39 Å². The van der Waals surface area contributed by atoms with Gasteiger partial charge in [-0.1, -0.05) is 17.8 Å². The number of aromatic nitrogens is 4. The molecule has 0 radical (unpaired) electrons. The maximum atomic E-state index is 13.3. The van der Waals surface area contributed by atoms with Gasteiger partial charge in [0, 0.05) is 0 Å². The summed E-state index contributed by atoms with van der Waals surface area (Å²) in [5.74, 6) is -1.15.